The monoisotopic (exact) mass is 696 g/mol. The number of rotatable bonds is 11. The van der Waals surface area contributed by atoms with E-state index in [0.29, 0.717) is 13.0 Å². The van der Waals surface area contributed by atoms with Crippen LogP contribution >= 0.6 is 34.8 Å². The van der Waals surface area contributed by atoms with E-state index >= 15 is 0 Å². The number of aliphatic hydroxyl groups is 2. The Morgan fingerprint density at radius 2 is 1.57 bits per heavy atom. The van der Waals surface area contributed by atoms with E-state index in [2.05, 4.69) is 10.2 Å². The Labute approximate surface area is 291 Å². The van der Waals surface area contributed by atoms with E-state index < -0.39 is 22.1 Å². The third-order valence-corrected chi connectivity index (χ3v) is 9.07. The quantitative estimate of drug-likeness (QED) is 0.141. The first-order valence-corrected chi connectivity index (χ1v) is 16.6. The molecule has 1 amide bonds. The zero-order chi connectivity index (χ0) is 33.6. The van der Waals surface area contributed by atoms with Crippen molar-refractivity contribution in [2.75, 3.05) is 13.6 Å². The first-order valence-electron chi connectivity index (χ1n) is 15.5. The number of alkyl halides is 3. The second-order valence-corrected chi connectivity index (χ2v) is 14.2. The molecule has 0 radical (unpaired) electrons. The van der Waals surface area contributed by atoms with Crippen LogP contribution in [0.3, 0.4) is 0 Å². The lowest BCUT2D eigenvalue weighted by Gasteiger charge is -2.39. The summed E-state index contributed by atoms with van der Waals surface area (Å²) < 4.78 is 11.1. The maximum atomic E-state index is 12.0. The molecule has 7 nitrogen and oxygen atoms in total. The summed E-state index contributed by atoms with van der Waals surface area (Å²) in [7, 11) is 2.00. The normalized spacial score (nSPS) is 19.7. The van der Waals surface area contributed by atoms with Crippen molar-refractivity contribution in [1.82, 2.24) is 10.2 Å². The fourth-order valence-electron chi connectivity index (χ4n) is 5.67. The molecule has 248 valence electrons. The van der Waals surface area contributed by atoms with E-state index in [0.717, 1.165) is 38.9 Å². The van der Waals surface area contributed by atoms with Crippen LogP contribution in [0.15, 0.2) is 103 Å². The largest absolute Gasteiger partial charge is 0.392 e. The van der Waals surface area contributed by atoms with Gasteiger partial charge in [-0.25, -0.2) is 0 Å². The molecular formula is C37H39Cl3N2O5. The number of carbonyl (C=O) groups excluding carboxylic acids is 1. The van der Waals surface area contributed by atoms with Crippen molar-refractivity contribution in [3.63, 3.8) is 0 Å². The first-order chi connectivity index (χ1) is 22.5. The van der Waals surface area contributed by atoms with E-state index in [9.17, 15) is 15.0 Å². The highest BCUT2D eigenvalue weighted by Crippen LogP contribution is 2.39. The number of ether oxygens (including phenoxy) is 2. The van der Waals surface area contributed by atoms with Gasteiger partial charge in [-0.3, -0.25) is 9.69 Å². The van der Waals surface area contributed by atoms with Gasteiger partial charge in [-0.15, -0.1) is 0 Å². The van der Waals surface area contributed by atoms with Gasteiger partial charge in [0, 0.05) is 31.1 Å². The number of aliphatic hydroxyl groups excluding tert-OH is 2. The van der Waals surface area contributed by atoms with Crippen LogP contribution < -0.4 is 5.32 Å². The lowest BCUT2D eigenvalue weighted by molar-refractivity contribution is -0.253. The van der Waals surface area contributed by atoms with Gasteiger partial charge in [0.25, 0.3) is 9.70 Å². The van der Waals surface area contributed by atoms with Gasteiger partial charge >= 0.3 is 0 Å². The van der Waals surface area contributed by atoms with Crippen molar-refractivity contribution in [3.8, 4) is 11.1 Å². The minimum Gasteiger partial charge on any atom is -0.392 e. The molecule has 1 aliphatic heterocycles. The maximum absolute atomic E-state index is 12.0. The molecule has 1 heterocycles. The van der Waals surface area contributed by atoms with Crippen molar-refractivity contribution < 1.29 is 24.5 Å². The van der Waals surface area contributed by atoms with Gasteiger partial charge in [-0.2, -0.15) is 0 Å². The number of hydrogen-bond donors (Lipinski definition) is 3. The Hall–Kier alpha value is -2.98. The summed E-state index contributed by atoms with van der Waals surface area (Å²) in [4.78, 5) is 14.1. The Morgan fingerprint density at radius 1 is 0.894 bits per heavy atom. The van der Waals surface area contributed by atoms with Crippen molar-refractivity contribution in [3.05, 3.63) is 131 Å². The molecule has 4 aromatic rings. The van der Waals surface area contributed by atoms with Gasteiger partial charge in [0.05, 0.1) is 24.9 Å². The smallest absolute Gasteiger partial charge is 0.272 e. The number of nitrogens with zero attached hydrogens (tertiary/aromatic N) is 1. The highest BCUT2D eigenvalue weighted by Gasteiger charge is 2.34. The Morgan fingerprint density at radius 3 is 2.23 bits per heavy atom. The SMILES string of the molecule is C[C@H]([C@@H](O)c1ccccc1)N(C)C[C@@H]1C[C@H](c2ccc(CO)cc2)O[C@H](c2ccc(-c3cccc(CNC(=O)C(Cl)(Cl)Cl)c3)cc2)O1. The summed E-state index contributed by atoms with van der Waals surface area (Å²) in [5.41, 5.74) is 6.41. The number of halogens is 3. The van der Waals surface area contributed by atoms with E-state index in [4.69, 9.17) is 44.3 Å². The molecular weight excluding hydrogens is 659 g/mol. The van der Waals surface area contributed by atoms with Gasteiger partial charge in [-0.1, -0.05) is 132 Å². The van der Waals surface area contributed by atoms with Gasteiger partial charge in [-0.05, 0) is 53.4 Å². The highest BCUT2D eigenvalue weighted by atomic mass is 35.6. The molecule has 0 saturated carbocycles. The molecule has 3 N–H and O–H groups in total. The van der Waals surface area contributed by atoms with Crippen molar-refractivity contribution in [2.24, 2.45) is 0 Å². The third-order valence-electron chi connectivity index (χ3n) is 8.55. The Balaban J connectivity index is 1.32. The number of carbonyl (C=O) groups is 1. The molecule has 0 bridgehead atoms. The van der Waals surface area contributed by atoms with E-state index in [1.54, 1.807) is 0 Å². The molecule has 5 rings (SSSR count). The standard InChI is InChI=1S/C37H39Cl3N2O5/c1-24(34(44)29-8-4-3-5-9-29)42(2)22-32-20-33(28-13-11-25(23-43)12-14-28)47-35(46-32)30-17-15-27(16-18-30)31-10-6-7-26(19-31)21-41-36(45)37(38,39)40/h3-19,24,32-35,43-44H,20-23H2,1-2H3,(H,41,45)/t24-,32+,33-,34-,35-/m1/s1. The molecule has 1 fully saturated rings. The molecule has 4 aromatic carbocycles. The number of nitrogens with one attached hydrogen (secondary N) is 1. The summed E-state index contributed by atoms with van der Waals surface area (Å²) in [6.45, 7) is 2.81. The molecule has 1 saturated heterocycles. The number of likely N-dealkylation sites (N-methyl/N-ethyl adjacent to an activating group) is 1. The van der Waals surface area contributed by atoms with Crippen molar-refractivity contribution in [1.29, 1.82) is 0 Å². The second-order valence-electron chi connectivity index (χ2n) is 11.9. The van der Waals surface area contributed by atoms with Gasteiger partial charge < -0.3 is 25.0 Å². The van der Waals surface area contributed by atoms with Crippen LogP contribution in [0.1, 0.15) is 59.7 Å². The second kappa shape index (κ2) is 15.9. The fourth-order valence-corrected chi connectivity index (χ4v) is 5.87. The fraction of sp³-hybridized carbons (Fsp3) is 0.324. The number of amides is 1. The summed E-state index contributed by atoms with van der Waals surface area (Å²) in [5.74, 6) is -0.682. The van der Waals surface area contributed by atoms with Crippen LogP contribution in [0, 0.1) is 0 Å². The van der Waals surface area contributed by atoms with Crippen LogP contribution in [0.5, 0.6) is 0 Å². The van der Waals surface area contributed by atoms with Crippen LogP contribution in [-0.4, -0.2) is 50.6 Å². The zero-order valence-corrected chi connectivity index (χ0v) is 28.5. The number of benzene rings is 4. The lowest BCUT2D eigenvalue weighted by atomic mass is 9.98. The molecule has 10 heteroatoms. The first kappa shape index (κ1) is 35.3. The van der Waals surface area contributed by atoms with E-state index in [1.165, 1.54) is 0 Å². The van der Waals surface area contributed by atoms with Gasteiger partial charge in [0.2, 0.25) is 0 Å². The molecule has 1 aliphatic rings. The minimum absolute atomic E-state index is 0.0224. The van der Waals surface area contributed by atoms with Crippen molar-refractivity contribution in [2.45, 2.75) is 60.9 Å². The lowest BCUT2D eigenvalue weighted by Crippen LogP contribution is -2.43. The van der Waals surface area contributed by atoms with Crippen LogP contribution in [0.2, 0.25) is 0 Å². The average molecular weight is 698 g/mol. The van der Waals surface area contributed by atoms with Crippen molar-refractivity contribution >= 4 is 40.7 Å². The average Bonchev–Trinajstić information content (AvgIpc) is 3.10. The summed E-state index contributed by atoms with van der Waals surface area (Å²) >= 11 is 17.0. The summed E-state index contributed by atoms with van der Waals surface area (Å²) in [6, 6.07) is 33.1. The Bertz CT molecular complexity index is 1600. The molecule has 0 aliphatic carbocycles. The van der Waals surface area contributed by atoms with Crippen LogP contribution in [0.25, 0.3) is 11.1 Å². The van der Waals surface area contributed by atoms with E-state index in [-0.39, 0.29) is 31.4 Å². The number of hydrogen-bond acceptors (Lipinski definition) is 6. The topological polar surface area (TPSA) is 91.3 Å². The zero-order valence-electron chi connectivity index (χ0n) is 26.2. The Kier molecular flexibility index (Phi) is 12.0. The predicted octanol–water partition coefficient (Wildman–Crippen LogP) is 7.43. The van der Waals surface area contributed by atoms with Gasteiger partial charge in [0.15, 0.2) is 6.29 Å². The maximum Gasteiger partial charge on any atom is 0.272 e. The molecule has 0 unspecified atom stereocenters. The molecule has 0 aromatic heterocycles. The van der Waals surface area contributed by atoms with Crippen LogP contribution in [-0.2, 0) is 27.4 Å². The van der Waals surface area contributed by atoms with Gasteiger partial charge in [0.1, 0.15) is 0 Å². The van der Waals surface area contributed by atoms with Crippen LogP contribution in [0.4, 0.5) is 0 Å². The highest BCUT2D eigenvalue weighted by molar-refractivity contribution is 6.76. The summed E-state index contributed by atoms with van der Waals surface area (Å²) in [5, 5.41) is 23.2. The molecule has 47 heavy (non-hydrogen) atoms. The van der Waals surface area contributed by atoms with E-state index in [1.807, 2.05) is 117 Å². The molecule has 5 atom stereocenters. The minimum atomic E-state index is -2.02. The molecule has 0 spiro atoms. The third kappa shape index (κ3) is 9.34. The predicted molar refractivity (Wildman–Crippen MR) is 186 cm³/mol. The summed E-state index contributed by atoms with van der Waals surface area (Å²) in [6.07, 6.45) is -1.03.